The molecule has 6 heteroatoms. The van der Waals surface area contributed by atoms with Gasteiger partial charge in [-0.2, -0.15) is 0 Å². The van der Waals surface area contributed by atoms with E-state index in [0.717, 1.165) is 41.7 Å². The molecule has 2 aromatic rings. The largest absolute Gasteiger partial charge is 0.354 e. The molecule has 0 radical (unpaired) electrons. The average Bonchev–Trinajstić information content (AvgIpc) is 2.64. The summed E-state index contributed by atoms with van der Waals surface area (Å²) in [7, 11) is 0. The number of benzene rings is 1. The van der Waals surface area contributed by atoms with Crippen molar-refractivity contribution in [2.45, 2.75) is 49.6 Å². The van der Waals surface area contributed by atoms with Crippen LogP contribution in [0.2, 0.25) is 0 Å². The summed E-state index contributed by atoms with van der Waals surface area (Å²) in [4.78, 5) is 24.8. The third-order valence-corrected chi connectivity index (χ3v) is 5.47. The Balaban J connectivity index is 1.67. The van der Waals surface area contributed by atoms with Crippen LogP contribution in [0.15, 0.2) is 46.6 Å². The first-order valence-electron chi connectivity index (χ1n) is 9.14. The van der Waals surface area contributed by atoms with E-state index in [2.05, 4.69) is 51.4 Å². The van der Waals surface area contributed by atoms with Gasteiger partial charge in [0.15, 0.2) is 5.82 Å². The molecule has 5 nitrogen and oxygen atoms in total. The SMILES string of the molecule is Cc1ccc(Sc2nccnc2N2CCC(C(=O)NC(C)C)CC2)cc1. The Labute approximate surface area is 159 Å². The molecule has 1 saturated heterocycles. The number of nitrogens with one attached hydrogen (secondary N) is 1. The minimum absolute atomic E-state index is 0.0959. The van der Waals surface area contributed by atoms with Crippen LogP contribution in [-0.2, 0) is 4.79 Å². The van der Waals surface area contributed by atoms with Gasteiger partial charge in [-0.15, -0.1) is 0 Å². The molecule has 2 heterocycles. The van der Waals surface area contributed by atoms with Crippen LogP contribution in [0.25, 0.3) is 0 Å². The molecule has 0 spiro atoms. The van der Waals surface area contributed by atoms with E-state index < -0.39 is 0 Å². The topological polar surface area (TPSA) is 58.1 Å². The van der Waals surface area contributed by atoms with Crippen molar-refractivity contribution in [1.82, 2.24) is 15.3 Å². The zero-order valence-corrected chi connectivity index (χ0v) is 16.4. The fraction of sp³-hybridized carbons (Fsp3) is 0.450. The van der Waals surface area contributed by atoms with Gasteiger partial charge in [-0.1, -0.05) is 29.5 Å². The van der Waals surface area contributed by atoms with Crippen molar-refractivity contribution in [3.05, 3.63) is 42.2 Å². The van der Waals surface area contributed by atoms with E-state index in [4.69, 9.17) is 0 Å². The van der Waals surface area contributed by atoms with Crippen molar-refractivity contribution >= 4 is 23.5 Å². The van der Waals surface area contributed by atoms with E-state index in [1.54, 1.807) is 24.2 Å². The van der Waals surface area contributed by atoms with Crippen LogP contribution in [0, 0.1) is 12.8 Å². The highest BCUT2D eigenvalue weighted by molar-refractivity contribution is 7.99. The lowest BCUT2D eigenvalue weighted by Gasteiger charge is -2.33. The molecule has 26 heavy (non-hydrogen) atoms. The number of carbonyl (C=O) groups is 1. The molecule has 138 valence electrons. The van der Waals surface area contributed by atoms with Crippen LogP contribution < -0.4 is 10.2 Å². The molecular weight excluding hydrogens is 344 g/mol. The fourth-order valence-corrected chi connectivity index (χ4v) is 3.96. The van der Waals surface area contributed by atoms with Gasteiger partial charge in [0, 0.05) is 42.3 Å². The van der Waals surface area contributed by atoms with Gasteiger partial charge in [0.05, 0.1) is 0 Å². The number of aromatic nitrogens is 2. The number of aryl methyl sites for hydroxylation is 1. The van der Waals surface area contributed by atoms with E-state index in [-0.39, 0.29) is 17.9 Å². The molecule has 1 N–H and O–H groups in total. The van der Waals surface area contributed by atoms with Crippen LogP contribution in [0.5, 0.6) is 0 Å². The van der Waals surface area contributed by atoms with Gasteiger partial charge in [-0.3, -0.25) is 4.79 Å². The van der Waals surface area contributed by atoms with Crippen molar-refractivity contribution in [3.8, 4) is 0 Å². The van der Waals surface area contributed by atoms with Crippen molar-refractivity contribution in [3.63, 3.8) is 0 Å². The molecule has 0 unspecified atom stereocenters. The van der Waals surface area contributed by atoms with Crippen LogP contribution in [0.3, 0.4) is 0 Å². The van der Waals surface area contributed by atoms with Crippen molar-refractivity contribution in [1.29, 1.82) is 0 Å². The second kappa shape index (κ2) is 8.54. The molecule has 3 rings (SSSR count). The Morgan fingerprint density at radius 3 is 2.46 bits per heavy atom. The first kappa shape index (κ1) is 18.7. The van der Waals surface area contributed by atoms with Gasteiger partial charge in [-0.05, 0) is 45.7 Å². The maximum atomic E-state index is 12.2. The third kappa shape index (κ3) is 4.75. The lowest BCUT2D eigenvalue weighted by molar-refractivity contribution is -0.126. The monoisotopic (exact) mass is 370 g/mol. The first-order chi connectivity index (χ1) is 12.5. The molecule has 1 aliphatic heterocycles. The minimum Gasteiger partial charge on any atom is -0.354 e. The van der Waals surface area contributed by atoms with E-state index in [9.17, 15) is 4.79 Å². The number of carbonyl (C=O) groups excluding carboxylic acids is 1. The molecular formula is C20H26N4OS. The molecule has 1 aromatic heterocycles. The Bertz CT molecular complexity index is 740. The van der Waals surface area contributed by atoms with Gasteiger partial charge >= 0.3 is 0 Å². The van der Waals surface area contributed by atoms with Gasteiger partial charge < -0.3 is 10.2 Å². The summed E-state index contributed by atoms with van der Waals surface area (Å²) < 4.78 is 0. The maximum absolute atomic E-state index is 12.2. The number of hydrogen-bond donors (Lipinski definition) is 1. The molecule has 1 amide bonds. The van der Waals surface area contributed by atoms with Crippen LogP contribution in [0.1, 0.15) is 32.3 Å². The summed E-state index contributed by atoms with van der Waals surface area (Å²) in [6.07, 6.45) is 5.18. The summed E-state index contributed by atoms with van der Waals surface area (Å²) in [5, 5.41) is 3.94. The molecule has 0 bridgehead atoms. The second-order valence-corrected chi connectivity index (χ2v) is 8.09. The summed E-state index contributed by atoms with van der Waals surface area (Å²) in [5.41, 5.74) is 1.25. The molecule has 0 saturated carbocycles. The van der Waals surface area contributed by atoms with E-state index in [0.29, 0.717) is 0 Å². The predicted molar refractivity (Wildman–Crippen MR) is 106 cm³/mol. The number of anilines is 1. The normalized spacial score (nSPS) is 15.3. The zero-order chi connectivity index (χ0) is 18.5. The Morgan fingerprint density at radius 1 is 1.15 bits per heavy atom. The van der Waals surface area contributed by atoms with Crippen molar-refractivity contribution < 1.29 is 4.79 Å². The van der Waals surface area contributed by atoms with Crippen molar-refractivity contribution in [2.24, 2.45) is 5.92 Å². The summed E-state index contributed by atoms with van der Waals surface area (Å²) in [5.74, 6) is 1.19. The Kier molecular flexibility index (Phi) is 6.14. The van der Waals surface area contributed by atoms with Gasteiger partial charge in [-0.25, -0.2) is 9.97 Å². The molecule has 1 aromatic carbocycles. The van der Waals surface area contributed by atoms with Crippen molar-refractivity contribution in [2.75, 3.05) is 18.0 Å². The van der Waals surface area contributed by atoms with Crippen LogP contribution in [-0.4, -0.2) is 35.0 Å². The second-order valence-electron chi connectivity index (χ2n) is 7.02. The number of rotatable bonds is 5. The standard InChI is InChI=1S/C20H26N4OS/c1-14(2)23-19(25)16-8-12-24(13-9-16)18-20(22-11-10-21-18)26-17-6-4-15(3)5-7-17/h4-7,10-11,14,16H,8-9,12-13H2,1-3H3,(H,23,25). The smallest absolute Gasteiger partial charge is 0.223 e. The first-order valence-corrected chi connectivity index (χ1v) is 9.95. The van der Waals surface area contributed by atoms with Crippen LogP contribution >= 0.6 is 11.8 Å². The average molecular weight is 371 g/mol. The quantitative estimate of drug-likeness (QED) is 0.870. The number of nitrogens with zero attached hydrogens (tertiary/aromatic N) is 3. The Morgan fingerprint density at radius 2 is 1.81 bits per heavy atom. The summed E-state index contributed by atoms with van der Waals surface area (Å²) >= 11 is 1.64. The van der Waals surface area contributed by atoms with Gasteiger partial charge in [0.1, 0.15) is 5.03 Å². The zero-order valence-electron chi connectivity index (χ0n) is 15.6. The number of piperidine rings is 1. The highest BCUT2D eigenvalue weighted by Crippen LogP contribution is 2.34. The highest BCUT2D eigenvalue weighted by Gasteiger charge is 2.27. The third-order valence-electron chi connectivity index (χ3n) is 4.48. The molecule has 1 aliphatic rings. The minimum atomic E-state index is 0.0959. The van der Waals surface area contributed by atoms with Crippen LogP contribution in [0.4, 0.5) is 5.82 Å². The molecule has 0 aliphatic carbocycles. The fourth-order valence-electron chi connectivity index (χ4n) is 3.08. The predicted octanol–water partition coefficient (Wildman–Crippen LogP) is 3.68. The lowest BCUT2D eigenvalue weighted by Crippen LogP contribution is -2.42. The van der Waals surface area contributed by atoms with E-state index in [1.807, 2.05) is 13.8 Å². The van der Waals surface area contributed by atoms with E-state index >= 15 is 0 Å². The Hall–Kier alpha value is -2.08. The maximum Gasteiger partial charge on any atom is 0.223 e. The van der Waals surface area contributed by atoms with E-state index in [1.165, 1.54) is 5.56 Å². The lowest BCUT2D eigenvalue weighted by atomic mass is 9.95. The molecule has 0 atom stereocenters. The highest BCUT2D eigenvalue weighted by atomic mass is 32.2. The summed E-state index contributed by atoms with van der Waals surface area (Å²) in [6.45, 7) is 7.75. The summed E-state index contributed by atoms with van der Waals surface area (Å²) in [6, 6.07) is 8.63. The molecule has 1 fully saturated rings. The van der Waals surface area contributed by atoms with Gasteiger partial charge in [0.2, 0.25) is 5.91 Å². The number of amides is 1. The van der Waals surface area contributed by atoms with Gasteiger partial charge in [0.25, 0.3) is 0 Å². The number of hydrogen-bond acceptors (Lipinski definition) is 5.